The quantitative estimate of drug-likeness (QED) is 0.177. The van der Waals surface area contributed by atoms with Crippen molar-refractivity contribution in [3.8, 4) is 5.75 Å². The number of thiol groups is 1. The van der Waals surface area contributed by atoms with Crippen LogP contribution in [-0.2, 0) is 26.6 Å². The van der Waals surface area contributed by atoms with E-state index >= 15 is 0 Å². The van der Waals surface area contributed by atoms with Gasteiger partial charge < -0.3 is 14.0 Å². The van der Waals surface area contributed by atoms with Gasteiger partial charge in [0, 0.05) is 13.0 Å². The number of fused-ring (bicyclic) bond motifs is 1. The van der Waals surface area contributed by atoms with Crippen molar-refractivity contribution < 1.29 is 35.6 Å². The summed E-state index contributed by atoms with van der Waals surface area (Å²) in [5.74, 6) is 2.30. The smallest absolute Gasteiger partial charge is 0.485 e. The van der Waals surface area contributed by atoms with Crippen molar-refractivity contribution in [3.63, 3.8) is 0 Å². The molecule has 0 aliphatic carbocycles. The minimum Gasteiger partial charge on any atom is -0.741 e. The molecule has 1 saturated heterocycles. The topological polar surface area (TPSA) is 75.7 Å². The van der Waals surface area contributed by atoms with Crippen LogP contribution in [0, 0.1) is 0 Å². The second-order valence-corrected chi connectivity index (χ2v) is 8.72. The van der Waals surface area contributed by atoms with Crippen molar-refractivity contribution >= 4 is 32.7 Å². The minimum atomic E-state index is -6.09. The molecule has 1 fully saturated rings. The lowest BCUT2D eigenvalue weighted by atomic mass is 9.99. The zero-order valence-corrected chi connectivity index (χ0v) is 16.8. The summed E-state index contributed by atoms with van der Waals surface area (Å²) in [7, 11) is -6.09. The van der Waals surface area contributed by atoms with Gasteiger partial charge in [-0.2, -0.15) is 13.2 Å². The number of rotatable bonds is 5. The molecule has 3 rings (SSSR count). The Morgan fingerprint density at radius 2 is 1.89 bits per heavy atom. The van der Waals surface area contributed by atoms with Gasteiger partial charge in [0.1, 0.15) is 16.8 Å². The predicted octanol–water partition coefficient (Wildman–Crippen LogP) is 3.91. The van der Waals surface area contributed by atoms with Gasteiger partial charge in [0.2, 0.25) is 0 Å². The van der Waals surface area contributed by atoms with Crippen LogP contribution in [-0.4, -0.2) is 37.6 Å². The van der Waals surface area contributed by atoms with Crippen LogP contribution in [0.1, 0.15) is 30.6 Å². The molecule has 0 amide bonds. The molecule has 1 atom stereocenters. The molecule has 0 radical (unpaired) electrons. The number of hydrogen-bond acceptors (Lipinski definition) is 5. The first-order valence-electron chi connectivity index (χ1n) is 8.56. The van der Waals surface area contributed by atoms with Gasteiger partial charge >= 0.3 is 5.51 Å². The van der Waals surface area contributed by atoms with Gasteiger partial charge in [-0.05, 0) is 41.9 Å². The summed E-state index contributed by atoms with van der Waals surface area (Å²) < 4.78 is 70.1. The van der Waals surface area contributed by atoms with E-state index in [1.54, 1.807) is 0 Å². The van der Waals surface area contributed by atoms with Gasteiger partial charge in [-0.1, -0.05) is 30.3 Å². The van der Waals surface area contributed by atoms with E-state index in [0.717, 1.165) is 5.75 Å². The molecular formula is C18H21F3O5S2. The van der Waals surface area contributed by atoms with Crippen LogP contribution in [0.15, 0.2) is 36.4 Å². The van der Waals surface area contributed by atoms with Crippen LogP contribution in [0.3, 0.4) is 0 Å². The van der Waals surface area contributed by atoms with Gasteiger partial charge in [-0.3, -0.25) is 0 Å². The summed E-state index contributed by atoms with van der Waals surface area (Å²) in [5.41, 5.74) is -4.27. The molecule has 28 heavy (non-hydrogen) atoms. The van der Waals surface area contributed by atoms with Crippen LogP contribution in [0.4, 0.5) is 13.2 Å². The third-order valence-electron chi connectivity index (χ3n) is 4.03. The Balaban J connectivity index is 0.000000300. The SMILES string of the molecule is CCOCOc1ccc2ccccc2c1C1CCC[SH+]1.O=S(=O)([O-])C(F)(F)F. The van der Waals surface area contributed by atoms with Crippen LogP contribution >= 0.6 is 0 Å². The molecule has 1 aliphatic heterocycles. The van der Waals surface area contributed by atoms with Crippen molar-refractivity contribution in [2.45, 2.75) is 30.5 Å². The van der Waals surface area contributed by atoms with Gasteiger partial charge in [-0.25, -0.2) is 8.42 Å². The fourth-order valence-corrected chi connectivity index (χ4v) is 4.28. The molecule has 2 aromatic rings. The van der Waals surface area contributed by atoms with Crippen LogP contribution in [0.2, 0.25) is 0 Å². The van der Waals surface area contributed by atoms with E-state index in [-0.39, 0.29) is 0 Å². The Morgan fingerprint density at radius 3 is 2.46 bits per heavy atom. The van der Waals surface area contributed by atoms with Gasteiger partial charge in [-0.15, -0.1) is 0 Å². The molecule has 156 valence electrons. The highest BCUT2D eigenvalue weighted by molar-refractivity contribution is 7.86. The first kappa shape index (κ1) is 22.8. The minimum absolute atomic E-state index is 0.339. The average Bonchev–Trinajstić information content (AvgIpc) is 3.14. The molecule has 2 aromatic carbocycles. The summed E-state index contributed by atoms with van der Waals surface area (Å²) in [6, 6.07) is 12.8. The summed E-state index contributed by atoms with van der Waals surface area (Å²) in [6.07, 6.45) is 2.58. The maximum Gasteiger partial charge on any atom is 0.485 e. The van der Waals surface area contributed by atoms with Gasteiger partial charge in [0.15, 0.2) is 16.9 Å². The van der Waals surface area contributed by atoms with E-state index in [0.29, 0.717) is 18.6 Å². The molecule has 1 heterocycles. The second-order valence-electron chi connectivity index (χ2n) is 5.92. The molecule has 1 unspecified atom stereocenters. The van der Waals surface area contributed by atoms with Crippen LogP contribution in [0.25, 0.3) is 10.8 Å². The zero-order chi connectivity index (χ0) is 20.8. The molecule has 5 nitrogen and oxygen atoms in total. The Bertz CT molecular complexity index is 878. The lowest BCUT2D eigenvalue weighted by Gasteiger charge is -2.15. The fraction of sp³-hybridized carbons (Fsp3) is 0.444. The van der Waals surface area contributed by atoms with Crippen LogP contribution < -0.4 is 4.74 Å². The highest BCUT2D eigenvalue weighted by Gasteiger charge is 2.37. The predicted molar refractivity (Wildman–Crippen MR) is 102 cm³/mol. The summed E-state index contributed by atoms with van der Waals surface area (Å²) in [4.78, 5) is 0. The third-order valence-corrected chi connectivity index (χ3v) is 6.13. The molecule has 0 saturated carbocycles. The average molecular weight is 438 g/mol. The standard InChI is InChI=1S/C17H20O2S.CHF3O3S/c1-2-18-12-19-15-10-9-13-6-3-4-7-14(13)17(15)16-8-5-11-20-16;2-1(3,4)8(5,6)7/h3-4,6-7,9-10,16H,2,5,8,11-12H2,1H3;(H,5,6,7). The lowest BCUT2D eigenvalue weighted by Crippen LogP contribution is -2.21. The molecule has 0 bridgehead atoms. The van der Waals surface area contributed by atoms with E-state index in [9.17, 15) is 13.2 Å². The van der Waals surface area contributed by atoms with Crippen molar-refractivity contribution in [2.75, 3.05) is 19.2 Å². The summed E-state index contributed by atoms with van der Waals surface area (Å²) in [5, 5.41) is 3.24. The van der Waals surface area contributed by atoms with Crippen molar-refractivity contribution in [3.05, 3.63) is 42.0 Å². The molecule has 0 aromatic heterocycles. The number of alkyl halides is 3. The Morgan fingerprint density at radius 1 is 1.21 bits per heavy atom. The highest BCUT2D eigenvalue weighted by atomic mass is 32.2. The Hall–Kier alpha value is -1.49. The number of benzene rings is 2. The summed E-state index contributed by atoms with van der Waals surface area (Å²) in [6.45, 7) is 3.01. The highest BCUT2D eigenvalue weighted by Crippen LogP contribution is 2.40. The normalized spacial score (nSPS) is 17.2. The maximum atomic E-state index is 10.7. The van der Waals surface area contributed by atoms with E-state index in [4.69, 9.17) is 22.4 Å². The lowest BCUT2D eigenvalue weighted by molar-refractivity contribution is -0.0517. The fourth-order valence-electron chi connectivity index (χ4n) is 2.79. The largest absolute Gasteiger partial charge is 0.741 e. The number of hydrogen-bond donors (Lipinski definition) is 0. The molecule has 0 spiro atoms. The molecule has 0 N–H and O–H groups in total. The van der Waals surface area contributed by atoms with Crippen molar-refractivity contribution in [1.29, 1.82) is 0 Å². The van der Waals surface area contributed by atoms with Crippen molar-refractivity contribution in [1.82, 2.24) is 0 Å². The monoisotopic (exact) mass is 438 g/mol. The first-order valence-corrected chi connectivity index (χ1v) is 11.1. The Kier molecular flexibility index (Phi) is 7.99. The molecule has 10 heteroatoms. The maximum absolute atomic E-state index is 10.7. The van der Waals surface area contributed by atoms with Gasteiger partial charge in [0.25, 0.3) is 0 Å². The van der Waals surface area contributed by atoms with E-state index in [1.807, 2.05) is 6.92 Å². The second kappa shape index (κ2) is 9.82. The summed E-state index contributed by atoms with van der Waals surface area (Å²) >= 11 is 1.53. The Labute approximate surface area is 166 Å². The van der Waals surface area contributed by atoms with E-state index < -0.39 is 15.6 Å². The van der Waals surface area contributed by atoms with E-state index in [2.05, 4.69) is 36.4 Å². The molecular weight excluding hydrogens is 417 g/mol. The van der Waals surface area contributed by atoms with Crippen LogP contribution in [0.5, 0.6) is 5.75 Å². The first-order chi connectivity index (χ1) is 13.1. The van der Waals surface area contributed by atoms with Crippen molar-refractivity contribution in [2.24, 2.45) is 0 Å². The van der Waals surface area contributed by atoms with Gasteiger partial charge in [0.05, 0.1) is 5.56 Å². The zero-order valence-electron chi connectivity index (χ0n) is 15.1. The number of halogens is 3. The van der Waals surface area contributed by atoms with E-state index in [1.165, 1.54) is 46.7 Å². The third kappa shape index (κ3) is 6.00. The number of ether oxygens (including phenoxy) is 2. The molecule has 1 aliphatic rings.